The molecule has 1 aromatic rings. The van der Waals surface area contributed by atoms with Gasteiger partial charge in [0.25, 0.3) is 0 Å². The molecule has 0 spiro atoms. The molecule has 0 saturated heterocycles. The molecule has 0 bridgehead atoms. The molecule has 80 valence electrons. The van der Waals surface area contributed by atoms with Gasteiger partial charge in [-0.05, 0) is 30.7 Å². The monoisotopic (exact) mass is 226 g/mol. The van der Waals surface area contributed by atoms with Gasteiger partial charge in [0.15, 0.2) is 0 Å². The summed E-state index contributed by atoms with van der Waals surface area (Å²) < 4.78 is 5.33. The van der Waals surface area contributed by atoms with Crippen LogP contribution in [0.5, 0.6) is 5.75 Å². The second kappa shape index (κ2) is 5.41. The number of hydrogen-bond donors (Lipinski definition) is 1. The van der Waals surface area contributed by atoms with E-state index in [1.54, 1.807) is 18.2 Å². The van der Waals surface area contributed by atoms with Gasteiger partial charge in [0.2, 0.25) is 0 Å². The predicted octanol–water partition coefficient (Wildman–Crippen LogP) is 2.82. The van der Waals surface area contributed by atoms with E-state index in [4.69, 9.17) is 21.4 Å². The normalized spacial score (nSPS) is 10.5. The highest BCUT2D eigenvalue weighted by Gasteiger charge is 2.06. The van der Waals surface area contributed by atoms with Gasteiger partial charge in [-0.15, -0.1) is 0 Å². The lowest BCUT2D eigenvalue weighted by Crippen LogP contribution is -2.00. The Labute approximate surface area is 92.9 Å². The Kier molecular flexibility index (Phi) is 4.18. The Bertz CT molecular complexity index is 385. The Hall–Kier alpha value is -1.48. The van der Waals surface area contributed by atoms with Crippen molar-refractivity contribution in [1.82, 2.24) is 0 Å². The van der Waals surface area contributed by atoms with Crippen molar-refractivity contribution in [1.29, 1.82) is 0 Å². The molecule has 4 heteroatoms. The maximum Gasteiger partial charge on any atom is 0.335 e. The second-order valence-corrected chi connectivity index (χ2v) is 3.21. The minimum absolute atomic E-state index is 0.213. The first kappa shape index (κ1) is 11.6. The molecule has 0 amide bonds. The molecule has 15 heavy (non-hydrogen) atoms. The molecule has 0 atom stereocenters. The summed E-state index contributed by atoms with van der Waals surface area (Å²) in [5, 5.41) is 8.78. The number of aryl methyl sites for hydroxylation is 1. The third kappa shape index (κ3) is 3.29. The number of carboxylic acid groups (broad SMARTS) is 1. The minimum Gasteiger partial charge on any atom is -0.489 e. The summed E-state index contributed by atoms with van der Waals surface area (Å²) in [5.41, 5.74) is 2.46. The first-order chi connectivity index (χ1) is 7.15. The van der Waals surface area contributed by atoms with Gasteiger partial charge >= 0.3 is 5.97 Å². The largest absolute Gasteiger partial charge is 0.489 e. The number of rotatable bonds is 4. The van der Waals surface area contributed by atoms with E-state index >= 15 is 0 Å². The van der Waals surface area contributed by atoms with Gasteiger partial charge in [-0.3, -0.25) is 0 Å². The van der Waals surface area contributed by atoms with E-state index in [0.29, 0.717) is 12.4 Å². The van der Waals surface area contributed by atoms with Crippen LogP contribution in [0.3, 0.4) is 0 Å². The molecule has 0 unspecified atom stereocenters. The van der Waals surface area contributed by atoms with E-state index in [-0.39, 0.29) is 5.56 Å². The Morgan fingerprint density at radius 1 is 1.60 bits per heavy atom. The molecule has 0 fully saturated rings. The molecule has 0 aliphatic heterocycles. The van der Waals surface area contributed by atoms with Gasteiger partial charge in [0.05, 0.1) is 5.56 Å². The van der Waals surface area contributed by atoms with Crippen LogP contribution < -0.4 is 4.74 Å². The van der Waals surface area contributed by atoms with Gasteiger partial charge in [-0.1, -0.05) is 17.7 Å². The van der Waals surface area contributed by atoms with Crippen molar-refractivity contribution in [2.75, 3.05) is 6.61 Å². The quantitative estimate of drug-likeness (QED) is 0.859. The van der Waals surface area contributed by atoms with Gasteiger partial charge in [0, 0.05) is 5.54 Å². The first-order valence-corrected chi connectivity index (χ1v) is 4.80. The number of carbonyl (C=O) groups is 1. The third-order valence-electron chi connectivity index (χ3n) is 1.86. The number of hydrogen-bond acceptors (Lipinski definition) is 2. The Morgan fingerprint density at radius 3 is 2.93 bits per heavy atom. The molecule has 0 aliphatic rings. The molecular weight excluding hydrogens is 216 g/mol. The van der Waals surface area contributed by atoms with Crippen molar-refractivity contribution in [2.45, 2.75) is 6.92 Å². The zero-order valence-corrected chi connectivity index (χ0v) is 8.99. The van der Waals surface area contributed by atoms with Crippen molar-refractivity contribution in [2.24, 2.45) is 0 Å². The fourth-order valence-electron chi connectivity index (χ4n) is 1.06. The maximum atomic E-state index is 10.7. The van der Waals surface area contributed by atoms with Crippen LogP contribution in [-0.2, 0) is 0 Å². The average molecular weight is 227 g/mol. The maximum absolute atomic E-state index is 10.7. The second-order valence-electron chi connectivity index (χ2n) is 2.96. The predicted molar refractivity (Wildman–Crippen MR) is 58.6 cm³/mol. The lowest BCUT2D eigenvalue weighted by Gasteiger charge is -2.07. The SMILES string of the molecule is Cc1ccc(C(=O)O)cc1OCC=CCl. The van der Waals surface area contributed by atoms with E-state index in [1.165, 1.54) is 11.6 Å². The number of aromatic carboxylic acids is 1. The van der Waals surface area contributed by atoms with Crippen LogP contribution >= 0.6 is 11.6 Å². The molecule has 0 heterocycles. The molecular formula is C11H11ClO3. The Balaban J connectivity index is 2.85. The lowest BCUT2D eigenvalue weighted by atomic mass is 10.1. The van der Waals surface area contributed by atoms with Crippen LogP contribution in [0.1, 0.15) is 15.9 Å². The van der Waals surface area contributed by atoms with E-state index in [0.717, 1.165) is 5.56 Å². The van der Waals surface area contributed by atoms with Crippen molar-refractivity contribution < 1.29 is 14.6 Å². The van der Waals surface area contributed by atoms with Crippen LogP contribution in [-0.4, -0.2) is 17.7 Å². The summed E-state index contributed by atoms with van der Waals surface area (Å²) in [7, 11) is 0. The van der Waals surface area contributed by atoms with Crippen molar-refractivity contribution in [3.8, 4) is 5.75 Å². The molecule has 0 aromatic heterocycles. The Morgan fingerprint density at radius 2 is 2.33 bits per heavy atom. The van der Waals surface area contributed by atoms with Crippen LogP contribution in [0, 0.1) is 6.92 Å². The molecule has 1 N–H and O–H groups in total. The summed E-state index contributed by atoms with van der Waals surface area (Å²) in [6, 6.07) is 4.75. The van der Waals surface area contributed by atoms with Crippen molar-refractivity contribution in [3.63, 3.8) is 0 Å². The summed E-state index contributed by atoms with van der Waals surface area (Å²) in [6.07, 6.45) is 1.63. The van der Waals surface area contributed by atoms with Crippen LogP contribution in [0.2, 0.25) is 0 Å². The summed E-state index contributed by atoms with van der Waals surface area (Å²) in [6.45, 7) is 2.18. The fraction of sp³-hybridized carbons (Fsp3) is 0.182. The van der Waals surface area contributed by atoms with Crippen LogP contribution in [0.25, 0.3) is 0 Å². The van der Waals surface area contributed by atoms with E-state index in [1.807, 2.05) is 6.92 Å². The number of halogens is 1. The van der Waals surface area contributed by atoms with Crippen molar-refractivity contribution >= 4 is 17.6 Å². The molecule has 3 nitrogen and oxygen atoms in total. The van der Waals surface area contributed by atoms with E-state index in [2.05, 4.69) is 0 Å². The first-order valence-electron chi connectivity index (χ1n) is 4.37. The summed E-state index contributed by atoms with van der Waals surface area (Å²) >= 11 is 5.33. The highest BCUT2D eigenvalue weighted by atomic mass is 35.5. The molecule has 1 aromatic carbocycles. The number of ether oxygens (including phenoxy) is 1. The topological polar surface area (TPSA) is 46.5 Å². The zero-order valence-electron chi connectivity index (χ0n) is 8.24. The fourth-order valence-corrected chi connectivity index (χ4v) is 1.14. The lowest BCUT2D eigenvalue weighted by molar-refractivity contribution is 0.0696. The molecule has 1 rings (SSSR count). The highest BCUT2D eigenvalue weighted by Crippen LogP contribution is 2.19. The van der Waals surface area contributed by atoms with Crippen molar-refractivity contribution in [3.05, 3.63) is 40.9 Å². The van der Waals surface area contributed by atoms with E-state index < -0.39 is 5.97 Å². The van der Waals surface area contributed by atoms with Gasteiger partial charge < -0.3 is 9.84 Å². The van der Waals surface area contributed by atoms with Crippen LogP contribution in [0.15, 0.2) is 29.8 Å². The van der Waals surface area contributed by atoms with Gasteiger partial charge in [0.1, 0.15) is 12.4 Å². The molecule has 0 radical (unpaired) electrons. The number of benzene rings is 1. The number of carboxylic acids is 1. The summed E-state index contributed by atoms with van der Waals surface area (Å²) in [4.78, 5) is 10.7. The third-order valence-corrected chi connectivity index (χ3v) is 2.04. The zero-order chi connectivity index (χ0) is 11.3. The van der Waals surface area contributed by atoms with Crippen LogP contribution in [0.4, 0.5) is 0 Å². The van der Waals surface area contributed by atoms with Gasteiger partial charge in [-0.25, -0.2) is 4.79 Å². The smallest absolute Gasteiger partial charge is 0.335 e. The van der Waals surface area contributed by atoms with E-state index in [9.17, 15) is 4.79 Å². The minimum atomic E-state index is -0.965. The molecule has 0 aliphatic carbocycles. The standard InChI is InChI=1S/C11H11ClO3/c1-8-3-4-9(11(13)14)7-10(8)15-6-2-5-12/h2-5,7H,6H2,1H3,(H,13,14). The summed E-state index contributed by atoms with van der Waals surface area (Å²) in [5.74, 6) is -0.405. The molecule has 0 saturated carbocycles. The average Bonchev–Trinajstić information content (AvgIpc) is 2.20. The van der Waals surface area contributed by atoms with Gasteiger partial charge in [-0.2, -0.15) is 0 Å². The highest BCUT2D eigenvalue weighted by molar-refractivity contribution is 6.25.